The summed E-state index contributed by atoms with van der Waals surface area (Å²) >= 11 is 3.57. The van der Waals surface area contributed by atoms with E-state index in [1.165, 1.54) is 12.8 Å². The first kappa shape index (κ1) is 18.4. The lowest BCUT2D eigenvalue weighted by molar-refractivity contribution is 0.414. The second-order valence-corrected chi connectivity index (χ2v) is 8.44. The number of anilines is 1. The summed E-state index contributed by atoms with van der Waals surface area (Å²) in [5.74, 6) is 0.577. The molecule has 1 atom stereocenters. The van der Waals surface area contributed by atoms with E-state index < -0.39 is 0 Å². The van der Waals surface area contributed by atoms with Crippen molar-refractivity contribution < 1.29 is 0 Å². The number of H-pyrrole nitrogens is 2. The Morgan fingerprint density at radius 3 is 2.83 bits per heavy atom. The summed E-state index contributed by atoms with van der Waals surface area (Å²) in [6.45, 7) is 1.81. The van der Waals surface area contributed by atoms with Gasteiger partial charge in [0.15, 0.2) is 0 Å². The highest BCUT2D eigenvalue weighted by Crippen LogP contribution is 2.32. The molecule has 0 radical (unpaired) electrons. The van der Waals surface area contributed by atoms with Crippen LogP contribution in [0.3, 0.4) is 0 Å². The van der Waals surface area contributed by atoms with Crippen LogP contribution in [0.2, 0.25) is 0 Å². The highest BCUT2D eigenvalue weighted by Gasteiger charge is 2.20. The molecule has 6 nitrogen and oxygen atoms in total. The van der Waals surface area contributed by atoms with Crippen molar-refractivity contribution in [2.75, 3.05) is 18.4 Å². The van der Waals surface area contributed by atoms with E-state index in [2.05, 4.69) is 41.5 Å². The summed E-state index contributed by atoms with van der Waals surface area (Å²) in [5, 5.41) is 8.10. The first-order chi connectivity index (χ1) is 14.2. The summed E-state index contributed by atoms with van der Waals surface area (Å²) in [5.41, 5.74) is 3.77. The molecule has 29 heavy (non-hydrogen) atoms. The van der Waals surface area contributed by atoms with Crippen LogP contribution in [0.4, 0.5) is 5.69 Å². The maximum atomic E-state index is 13.1. The van der Waals surface area contributed by atoms with Crippen LogP contribution < -0.4 is 16.2 Å². The van der Waals surface area contributed by atoms with Gasteiger partial charge in [-0.3, -0.25) is 4.79 Å². The Bertz CT molecular complexity index is 1210. The summed E-state index contributed by atoms with van der Waals surface area (Å²) in [6, 6.07) is 14.1. The number of pyridine rings is 1. The molecule has 1 fully saturated rings. The Hall–Kier alpha value is -2.64. The maximum absolute atomic E-state index is 13.1. The Kier molecular flexibility index (Phi) is 4.85. The largest absolute Gasteiger partial charge is 0.382 e. The molecule has 1 aliphatic heterocycles. The summed E-state index contributed by atoms with van der Waals surface area (Å²) in [4.78, 5) is 24.1. The lowest BCUT2D eigenvalue weighted by Crippen LogP contribution is -2.39. The number of aromatic amines is 2. The molecular weight excluding hydrogens is 430 g/mol. The van der Waals surface area contributed by atoms with Crippen molar-refractivity contribution in [3.63, 3.8) is 0 Å². The summed E-state index contributed by atoms with van der Waals surface area (Å²) in [6.07, 6.45) is 3.59. The predicted octanol–water partition coefficient (Wildman–Crippen LogP) is 4.39. The van der Waals surface area contributed by atoms with Crippen LogP contribution in [0.15, 0.2) is 51.7 Å². The monoisotopic (exact) mass is 451 g/mol. The molecule has 4 N–H and O–H groups in total. The van der Waals surface area contributed by atoms with Crippen LogP contribution in [0.1, 0.15) is 19.3 Å². The first-order valence-electron chi connectivity index (χ1n) is 9.97. The van der Waals surface area contributed by atoms with Gasteiger partial charge in [0.2, 0.25) is 0 Å². The number of para-hydroxylation sites is 2. The predicted molar refractivity (Wildman–Crippen MR) is 121 cm³/mol. The minimum atomic E-state index is -0.155. The van der Waals surface area contributed by atoms with Crippen LogP contribution in [-0.2, 0) is 0 Å². The topological polar surface area (TPSA) is 85.6 Å². The number of benzene rings is 2. The van der Waals surface area contributed by atoms with Crippen molar-refractivity contribution in [1.82, 2.24) is 20.3 Å². The zero-order chi connectivity index (χ0) is 19.8. The van der Waals surface area contributed by atoms with Gasteiger partial charge in [-0.25, -0.2) is 4.98 Å². The molecule has 148 valence electrons. The van der Waals surface area contributed by atoms with Crippen molar-refractivity contribution >= 4 is 43.6 Å². The average molecular weight is 452 g/mol. The molecule has 7 heteroatoms. The van der Waals surface area contributed by atoms with Crippen molar-refractivity contribution in [3.8, 4) is 11.4 Å². The molecule has 1 aliphatic rings. The first-order valence-corrected chi connectivity index (χ1v) is 10.8. The zero-order valence-corrected chi connectivity index (χ0v) is 17.5. The standard InChI is InChI=1S/C22H22BrN5O/c23-13-8-9-16-15(11-13)20(25-12-14-5-3-4-10-24-14)19(22(29)28-16)21-26-17-6-1-2-7-18(17)27-21/h1-2,6-9,11,14,24H,3-5,10,12H2,(H,26,27)(H2,25,28,29). The lowest BCUT2D eigenvalue weighted by atomic mass is 10.0. The Morgan fingerprint density at radius 1 is 1.10 bits per heavy atom. The normalized spacial score (nSPS) is 17.1. The second-order valence-electron chi connectivity index (χ2n) is 7.52. The number of nitrogens with zero attached hydrogens (tertiary/aromatic N) is 1. The minimum absolute atomic E-state index is 0.155. The molecule has 4 aromatic rings. The molecule has 0 aliphatic carbocycles. The second kappa shape index (κ2) is 7.65. The van der Waals surface area contributed by atoms with Crippen molar-refractivity contribution in [3.05, 3.63) is 57.3 Å². The molecule has 1 unspecified atom stereocenters. The molecule has 2 aromatic heterocycles. The van der Waals surface area contributed by atoms with Gasteiger partial charge in [0.05, 0.1) is 22.2 Å². The van der Waals surface area contributed by atoms with Crippen LogP contribution in [0.25, 0.3) is 33.3 Å². The van der Waals surface area contributed by atoms with Gasteiger partial charge in [0, 0.05) is 22.4 Å². The quantitative estimate of drug-likeness (QED) is 0.370. The number of hydrogen-bond donors (Lipinski definition) is 4. The van der Waals surface area contributed by atoms with Crippen molar-refractivity contribution in [2.24, 2.45) is 0 Å². The van der Waals surface area contributed by atoms with Gasteiger partial charge in [-0.05, 0) is 49.7 Å². The van der Waals surface area contributed by atoms with Gasteiger partial charge >= 0.3 is 0 Å². The molecular formula is C22H22BrN5O. The van der Waals surface area contributed by atoms with Gasteiger partial charge in [-0.15, -0.1) is 0 Å². The average Bonchev–Trinajstić information content (AvgIpc) is 3.16. The van der Waals surface area contributed by atoms with Crippen LogP contribution in [0, 0.1) is 0 Å². The third-order valence-corrected chi connectivity index (χ3v) is 6.03. The molecule has 0 spiro atoms. The molecule has 3 heterocycles. The van der Waals surface area contributed by atoms with Gasteiger partial charge in [0.25, 0.3) is 5.56 Å². The zero-order valence-electron chi connectivity index (χ0n) is 15.9. The van der Waals surface area contributed by atoms with Crippen LogP contribution in [-0.4, -0.2) is 34.1 Å². The Labute approximate surface area is 176 Å². The third kappa shape index (κ3) is 3.56. The number of imidazole rings is 1. The fraction of sp³-hybridized carbons (Fsp3) is 0.273. The minimum Gasteiger partial charge on any atom is -0.382 e. The number of aromatic nitrogens is 3. The smallest absolute Gasteiger partial charge is 0.261 e. The fourth-order valence-corrected chi connectivity index (χ4v) is 4.43. The van der Waals surface area contributed by atoms with E-state index >= 15 is 0 Å². The van der Waals surface area contributed by atoms with E-state index in [1.54, 1.807) is 0 Å². The van der Waals surface area contributed by atoms with E-state index in [1.807, 2.05) is 42.5 Å². The number of hydrogen-bond acceptors (Lipinski definition) is 4. The Balaban J connectivity index is 1.66. The van der Waals surface area contributed by atoms with Gasteiger partial charge in [0.1, 0.15) is 11.4 Å². The van der Waals surface area contributed by atoms with Gasteiger partial charge in [-0.2, -0.15) is 0 Å². The van der Waals surface area contributed by atoms with Crippen molar-refractivity contribution in [1.29, 1.82) is 0 Å². The molecule has 2 aromatic carbocycles. The number of rotatable bonds is 4. The van der Waals surface area contributed by atoms with Crippen molar-refractivity contribution in [2.45, 2.75) is 25.3 Å². The highest BCUT2D eigenvalue weighted by molar-refractivity contribution is 9.10. The molecule has 0 bridgehead atoms. The number of piperidine rings is 1. The van der Waals surface area contributed by atoms with E-state index in [0.717, 1.165) is 51.6 Å². The lowest BCUT2D eigenvalue weighted by Gasteiger charge is -2.25. The Morgan fingerprint density at radius 2 is 2.00 bits per heavy atom. The molecule has 0 saturated carbocycles. The number of halogens is 1. The van der Waals surface area contributed by atoms with Crippen LogP contribution >= 0.6 is 15.9 Å². The SMILES string of the molecule is O=c1[nH]c2ccc(Br)cc2c(NCC2CCCCN2)c1-c1nc2ccccc2[nH]1. The summed E-state index contributed by atoms with van der Waals surface area (Å²) < 4.78 is 0.964. The number of fused-ring (bicyclic) bond motifs is 2. The summed E-state index contributed by atoms with van der Waals surface area (Å²) in [7, 11) is 0. The third-order valence-electron chi connectivity index (χ3n) is 5.54. The highest BCUT2D eigenvalue weighted by atomic mass is 79.9. The molecule has 5 rings (SSSR count). The van der Waals surface area contributed by atoms with E-state index in [9.17, 15) is 4.79 Å². The number of nitrogens with one attached hydrogen (secondary N) is 4. The van der Waals surface area contributed by atoms with E-state index in [-0.39, 0.29) is 5.56 Å². The van der Waals surface area contributed by atoms with Gasteiger partial charge < -0.3 is 20.6 Å². The van der Waals surface area contributed by atoms with E-state index in [4.69, 9.17) is 0 Å². The molecule has 0 amide bonds. The van der Waals surface area contributed by atoms with Gasteiger partial charge in [-0.1, -0.05) is 34.5 Å². The molecule has 1 saturated heterocycles. The maximum Gasteiger partial charge on any atom is 0.261 e. The van der Waals surface area contributed by atoms with Crippen LogP contribution in [0.5, 0.6) is 0 Å². The fourth-order valence-electron chi connectivity index (χ4n) is 4.07. The van der Waals surface area contributed by atoms with E-state index in [0.29, 0.717) is 17.4 Å².